The molecule has 0 saturated carbocycles. The molecule has 0 aliphatic heterocycles. The number of rotatable bonds is 3. The lowest BCUT2D eigenvalue weighted by atomic mass is 10.2. The molecular formula is C10H9N3O3S. The van der Waals surface area contributed by atoms with E-state index in [1.54, 1.807) is 19.2 Å². The summed E-state index contributed by atoms with van der Waals surface area (Å²) in [5.41, 5.74) is -0.0996. The number of carbonyl (C=O) groups is 1. The molecule has 6 nitrogen and oxygen atoms in total. The molecule has 2 aromatic rings. The molecule has 2 rings (SSSR count). The van der Waals surface area contributed by atoms with E-state index in [4.69, 9.17) is 5.11 Å². The van der Waals surface area contributed by atoms with Crippen LogP contribution in [0, 0.1) is 0 Å². The van der Waals surface area contributed by atoms with Gasteiger partial charge in [0, 0.05) is 11.9 Å². The molecule has 0 atom stereocenters. The Morgan fingerprint density at radius 2 is 2.29 bits per heavy atom. The van der Waals surface area contributed by atoms with Crippen LogP contribution in [-0.4, -0.2) is 25.8 Å². The van der Waals surface area contributed by atoms with Crippen LogP contribution in [0.2, 0.25) is 0 Å². The quantitative estimate of drug-likeness (QED) is 0.848. The van der Waals surface area contributed by atoms with Gasteiger partial charge in [0.2, 0.25) is 0 Å². The van der Waals surface area contributed by atoms with Crippen molar-refractivity contribution >= 4 is 17.7 Å². The maximum atomic E-state index is 11.1. The van der Waals surface area contributed by atoms with Gasteiger partial charge >= 0.3 is 11.7 Å². The lowest BCUT2D eigenvalue weighted by molar-refractivity contribution is 0.0696. The summed E-state index contributed by atoms with van der Waals surface area (Å²) < 4.78 is 1.36. The Morgan fingerprint density at radius 3 is 2.88 bits per heavy atom. The largest absolute Gasteiger partial charge is 0.478 e. The molecule has 0 aliphatic carbocycles. The summed E-state index contributed by atoms with van der Waals surface area (Å²) in [6.07, 6.45) is 0. The fourth-order valence-electron chi connectivity index (χ4n) is 1.22. The van der Waals surface area contributed by atoms with E-state index < -0.39 is 5.97 Å². The summed E-state index contributed by atoms with van der Waals surface area (Å²) in [6, 6.07) is 6.45. The van der Waals surface area contributed by atoms with Crippen molar-refractivity contribution < 1.29 is 9.90 Å². The Kier molecular flexibility index (Phi) is 3.01. The molecule has 1 heterocycles. The Labute approximate surface area is 100 Å². The predicted octanol–water partition coefficient (Wildman–Crippen LogP) is 0.958. The first kappa shape index (κ1) is 11.5. The molecule has 0 aliphatic rings. The number of carboxylic acids is 1. The third kappa shape index (κ3) is 2.39. The summed E-state index contributed by atoms with van der Waals surface area (Å²) in [6.45, 7) is 0. The van der Waals surface area contributed by atoms with Crippen LogP contribution in [0.15, 0.2) is 39.1 Å². The van der Waals surface area contributed by atoms with Crippen molar-refractivity contribution in [2.45, 2.75) is 10.1 Å². The van der Waals surface area contributed by atoms with Gasteiger partial charge < -0.3 is 5.11 Å². The van der Waals surface area contributed by atoms with Crippen LogP contribution in [0.1, 0.15) is 10.4 Å². The van der Waals surface area contributed by atoms with Crippen LogP contribution in [0.4, 0.5) is 0 Å². The van der Waals surface area contributed by atoms with E-state index in [-0.39, 0.29) is 11.3 Å². The number of aromatic amines is 1. The van der Waals surface area contributed by atoms with E-state index in [9.17, 15) is 9.59 Å². The number of benzene rings is 1. The number of aromatic nitrogens is 3. The first-order chi connectivity index (χ1) is 8.08. The number of nitrogens with zero attached hydrogens (tertiary/aromatic N) is 2. The first-order valence-corrected chi connectivity index (χ1v) is 5.52. The van der Waals surface area contributed by atoms with Crippen molar-refractivity contribution in [3.8, 4) is 0 Å². The maximum absolute atomic E-state index is 11.1. The molecule has 0 unspecified atom stereocenters. The molecule has 0 bridgehead atoms. The van der Waals surface area contributed by atoms with Gasteiger partial charge in [-0.1, -0.05) is 6.07 Å². The highest BCUT2D eigenvalue weighted by Gasteiger charge is 2.08. The minimum atomic E-state index is -0.983. The molecule has 88 valence electrons. The van der Waals surface area contributed by atoms with Gasteiger partial charge in [0.15, 0.2) is 5.16 Å². The predicted molar refractivity (Wildman–Crippen MR) is 61.4 cm³/mol. The van der Waals surface area contributed by atoms with Gasteiger partial charge in [0.25, 0.3) is 0 Å². The van der Waals surface area contributed by atoms with E-state index in [0.29, 0.717) is 10.1 Å². The molecule has 0 amide bonds. The zero-order valence-corrected chi connectivity index (χ0v) is 9.69. The van der Waals surface area contributed by atoms with Crippen LogP contribution in [0.3, 0.4) is 0 Å². The third-order valence-corrected chi connectivity index (χ3v) is 3.17. The molecule has 1 aromatic heterocycles. The van der Waals surface area contributed by atoms with Gasteiger partial charge in [-0.3, -0.25) is 4.57 Å². The minimum absolute atomic E-state index is 0.204. The average molecular weight is 251 g/mol. The fourth-order valence-corrected chi connectivity index (χ4v) is 2.08. The Morgan fingerprint density at radius 1 is 1.53 bits per heavy atom. The van der Waals surface area contributed by atoms with Crippen molar-refractivity contribution in [1.82, 2.24) is 14.8 Å². The van der Waals surface area contributed by atoms with Gasteiger partial charge in [0.1, 0.15) is 0 Å². The molecule has 17 heavy (non-hydrogen) atoms. The van der Waals surface area contributed by atoms with Gasteiger partial charge in [-0.2, -0.15) is 0 Å². The smallest absolute Gasteiger partial charge is 0.343 e. The van der Waals surface area contributed by atoms with E-state index in [0.717, 1.165) is 0 Å². The van der Waals surface area contributed by atoms with E-state index in [2.05, 4.69) is 10.2 Å². The van der Waals surface area contributed by atoms with Crippen LogP contribution in [0.5, 0.6) is 0 Å². The first-order valence-electron chi connectivity index (χ1n) is 4.70. The molecule has 0 radical (unpaired) electrons. The number of hydrogen-bond acceptors (Lipinski definition) is 4. The van der Waals surface area contributed by atoms with E-state index in [1.807, 2.05) is 0 Å². The van der Waals surface area contributed by atoms with Crippen molar-refractivity contribution in [2.24, 2.45) is 7.05 Å². The van der Waals surface area contributed by atoms with Gasteiger partial charge in [-0.15, -0.1) is 5.10 Å². The SMILES string of the molecule is Cn1c(Sc2cccc(C(=O)O)c2)n[nH]c1=O. The third-order valence-electron chi connectivity index (χ3n) is 2.13. The Balaban J connectivity index is 2.30. The molecule has 0 spiro atoms. The Hall–Kier alpha value is -2.02. The number of hydrogen-bond donors (Lipinski definition) is 2. The summed E-state index contributed by atoms with van der Waals surface area (Å²) in [5, 5.41) is 15.5. The lowest BCUT2D eigenvalue weighted by Gasteiger charge is -2.01. The van der Waals surface area contributed by atoms with Gasteiger partial charge in [-0.05, 0) is 30.0 Å². The summed E-state index contributed by atoms with van der Waals surface area (Å²) in [4.78, 5) is 22.6. The Bertz CT molecular complexity index is 617. The second-order valence-electron chi connectivity index (χ2n) is 3.31. The number of carboxylic acid groups (broad SMARTS) is 1. The molecule has 1 aromatic carbocycles. The molecule has 0 saturated heterocycles. The second-order valence-corrected chi connectivity index (χ2v) is 4.35. The monoisotopic (exact) mass is 251 g/mol. The highest BCUT2D eigenvalue weighted by molar-refractivity contribution is 7.99. The normalized spacial score (nSPS) is 10.4. The summed E-state index contributed by atoms with van der Waals surface area (Å²) in [7, 11) is 1.59. The van der Waals surface area contributed by atoms with Crippen LogP contribution in [-0.2, 0) is 7.05 Å². The van der Waals surface area contributed by atoms with Gasteiger partial charge in [-0.25, -0.2) is 14.7 Å². The summed E-state index contributed by atoms with van der Waals surface area (Å²) >= 11 is 1.22. The van der Waals surface area contributed by atoms with Crippen LogP contribution in [0.25, 0.3) is 0 Å². The van der Waals surface area contributed by atoms with Gasteiger partial charge in [0.05, 0.1) is 5.56 Å². The molecule has 0 fully saturated rings. The minimum Gasteiger partial charge on any atom is -0.478 e. The van der Waals surface area contributed by atoms with E-state index >= 15 is 0 Å². The highest BCUT2D eigenvalue weighted by Crippen LogP contribution is 2.25. The topological polar surface area (TPSA) is 88.0 Å². The van der Waals surface area contributed by atoms with Crippen molar-refractivity contribution in [1.29, 1.82) is 0 Å². The molecular weight excluding hydrogens is 242 g/mol. The van der Waals surface area contributed by atoms with Crippen LogP contribution >= 0.6 is 11.8 Å². The molecule has 2 N–H and O–H groups in total. The number of H-pyrrole nitrogens is 1. The number of nitrogens with one attached hydrogen (secondary N) is 1. The second kappa shape index (κ2) is 4.46. The standard InChI is InChI=1S/C10H9N3O3S/c1-13-9(16)11-12-10(13)17-7-4-2-3-6(5-7)8(14)15/h2-5H,1H3,(H,11,16)(H,14,15). The fraction of sp³-hybridized carbons (Fsp3) is 0.100. The van der Waals surface area contributed by atoms with Crippen molar-refractivity contribution in [2.75, 3.05) is 0 Å². The highest BCUT2D eigenvalue weighted by atomic mass is 32.2. The van der Waals surface area contributed by atoms with Crippen molar-refractivity contribution in [3.63, 3.8) is 0 Å². The number of aromatic carboxylic acids is 1. The zero-order chi connectivity index (χ0) is 12.4. The summed E-state index contributed by atoms with van der Waals surface area (Å²) in [5.74, 6) is -0.983. The van der Waals surface area contributed by atoms with E-state index in [1.165, 1.54) is 28.5 Å². The van der Waals surface area contributed by atoms with Crippen LogP contribution < -0.4 is 5.69 Å². The molecule has 7 heteroatoms. The van der Waals surface area contributed by atoms with Crippen molar-refractivity contribution in [3.05, 3.63) is 40.3 Å². The maximum Gasteiger partial charge on any atom is 0.343 e. The average Bonchev–Trinajstić information content (AvgIpc) is 2.61. The zero-order valence-electron chi connectivity index (χ0n) is 8.88. The lowest BCUT2D eigenvalue weighted by Crippen LogP contribution is -2.12.